The minimum Gasteiger partial charge on any atom is -0.469 e. The molecule has 2 aromatic heterocycles. The number of anilines is 1. The lowest BCUT2D eigenvalue weighted by Crippen LogP contribution is -2.19. The Bertz CT molecular complexity index is 1050. The molecule has 1 saturated heterocycles. The van der Waals surface area contributed by atoms with Crippen LogP contribution in [0.15, 0.2) is 43.0 Å². The number of aromatic nitrogens is 4. The van der Waals surface area contributed by atoms with Gasteiger partial charge in [0.1, 0.15) is 12.4 Å². The molecule has 0 radical (unpaired) electrons. The molecule has 3 heterocycles. The lowest BCUT2D eigenvalue weighted by atomic mass is 10.1. The van der Waals surface area contributed by atoms with E-state index in [1.165, 1.54) is 19.8 Å². The van der Waals surface area contributed by atoms with E-state index in [0.29, 0.717) is 29.6 Å². The van der Waals surface area contributed by atoms with Crippen molar-refractivity contribution >= 4 is 28.9 Å². The van der Waals surface area contributed by atoms with Crippen LogP contribution in [0.25, 0.3) is 11.2 Å². The van der Waals surface area contributed by atoms with Crippen LogP contribution in [0, 0.1) is 0 Å². The summed E-state index contributed by atoms with van der Waals surface area (Å²) in [5.41, 5.74) is 1.30. The maximum absolute atomic E-state index is 12.5. The number of aliphatic hydroxyl groups excluding tert-OH is 1. The number of benzene rings is 1. The Kier molecular flexibility index (Phi) is 5.68. The number of rotatable bonds is 6. The second-order valence-corrected chi connectivity index (χ2v) is 6.93. The van der Waals surface area contributed by atoms with Gasteiger partial charge in [-0.15, -0.1) is 0 Å². The fourth-order valence-electron chi connectivity index (χ4n) is 3.45. The Labute approximate surface area is 171 Å². The van der Waals surface area contributed by atoms with E-state index in [9.17, 15) is 14.7 Å². The van der Waals surface area contributed by atoms with Gasteiger partial charge in [0.2, 0.25) is 0 Å². The van der Waals surface area contributed by atoms with Gasteiger partial charge in [-0.1, -0.05) is 18.2 Å². The van der Waals surface area contributed by atoms with Gasteiger partial charge in [0, 0.05) is 18.4 Å². The fraction of sp³-hybridized carbons (Fsp3) is 0.350. The van der Waals surface area contributed by atoms with Crippen molar-refractivity contribution in [2.45, 2.75) is 37.7 Å². The average molecular weight is 411 g/mol. The molecular weight excluding hydrogens is 390 g/mol. The van der Waals surface area contributed by atoms with Crippen molar-refractivity contribution in [1.82, 2.24) is 19.5 Å². The SMILES string of the molecule is COC(=O)CC[C@@H]1C[C@@H](O)[C@H](n2cnc3c(NC(=O)c4ccccc4)ncnc32)O1. The summed E-state index contributed by atoms with van der Waals surface area (Å²) in [6.07, 6.45) is 2.06. The number of fused-ring (bicyclic) bond motifs is 1. The molecule has 3 atom stereocenters. The number of nitrogens with zero attached hydrogens (tertiary/aromatic N) is 4. The van der Waals surface area contributed by atoms with Gasteiger partial charge in [0.05, 0.1) is 19.5 Å². The Morgan fingerprint density at radius 3 is 2.83 bits per heavy atom. The van der Waals surface area contributed by atoms with Crippen LogP contribution in [0.3, 0.4) is 0 Å². The number of amides is 1. The van der Waals surface area contributed by atoms with Gasteiger partial charge < -0.3 is 19.9 Å². The van der Waals surface area contributed by atoms with Crippen LogP contribution in [0.1, 0.15) is 35.8 Å². The highest BCUT2D eigenvalue weighted by Gasteiger charge is 2.36. The smallest absolute Gasteiger partial charge is 0.305 e. The standard InChI is InChI=1S/C20H21N5O5/c1-29-15(27)8-7-13-9-14(26)20(30-13)25-11-23-16-17(21-10-22-18(16)25)24-19(28)12-5-3-2-4-6-12/h2-6,10-11,13-14,20,26H,7-9H2,1H3,(H,21,22,24,28)/t13-,14-,20-/m1/s1. The molecule has 4 rings (SSSR count). The quantitative estimate of drug-likeness (QED) is 0.586. The van der Waals surface area contributed by atoms with Crippen LogP contribution in [0.4, 0.5) is 5.82 Å². The first-order chi connectivity index (χ1) is 14.6. The van der Waals surface area contributed by atoms with E-state index in [4.69, 9.17) is 4.74 Å². The Balaban J connectivity index is 1.53. The third kappa shape index (κ3) is 4.00. The number of esters is 1. The first-order valence-electron chi connectivity index (χ1n) is 9.51. The summed E-state index contributed by atoms with van der Waals surface area (Å²) in [5, 5.41) is 13.2. The van der Waals surface area contributed by atoms with E-state index in [1.807, 2.05) is 6.07 Å². The Hall–Kier alpha value is -3.37. The maximum atomic E-state index is 12.5. The molecule has 2 N–H and O–H groups in total. The Morgan fingerprint density at radius 1 is 1.27 bits per heavy atom. The molecular formula is C20H21N5O5. The van der Waals surface area contributed by atoms with Crippen molar-refractivity contribution < 1.29 is 24.2 Å². The van der Waals surface area contributed by atoms with Gasteiger partial charge in [-0.25, -0.2) is 15.0 Å². The molecule has 1 aliphatic rings. The summed E-state index contributed by atoms with van der Waals surface area (Å²) in [4.78, 5) is 36.5. The summed E-state index contributed by atoms with van der Waals surface area (Å²) in [5.74, 6) is -0.372. The molecule has 10 heteroatoms. The second kappa shape index (κ2) is 8.56. The summed E-state index contributed by atoms with van der Waals surface area (Å²) < 4.78 is 12.2. The molecule has 156 valence electrons. The molecule has 1 aliphatic heterocycles. The topological polar surface area (TPSA) is 128 Å². The van der Waals surface area contributed by atoms with E-state index in [0.717, 1.165) is 0 Å². The second-order valence-electron chi connectivity index (χ2n) is 6.93. The predicted molar refractivity (Wildman–Crippen MR) is 106 cm³/mol. The summed E-state index contributed by atoms with van der Waals surface area (Å²) >= 11 is 0. The number of aliphatic hydroxyl groups is 1. The van der Waals surface area contributed by atoms with Gasteiger partial charge >= 0.3 is 5.97 Å². The van der Waals surface area contributed by atoms with Crippen LogP contribution >= 0.6 is 0 Å². The largest absolute Gasteiger partial charge is 0.469 e. The molecule has 0 unspecified atom stereocenters. The van der Waals surface area contributed by atoms with Crippen LogP contribution < -0.4 is 5.32 Å². The fourth-order valence-corrected chi connectivity index (χ4v) is 3.45. The monoisotopic (exact) mass is 411 g/mol. The van der Waals surface area contributed by atoms with Crippen LogP contribution in [0.5, 0.6) is 0 Å². The van der Waals surface area contributed by atoms with E-state index in [1.54, 1.807) is 28.8 Å². The van der Waals surface area contributed by atoms with Crippen LogP contribution in [0.2, 0.25) is 0 Å². The molecule has 1 aromatic carbocycles. The van der Waals surface area contributed by atoms with Gasteiger partial charge in [0.25, 0.3) is 5.91 Å². The molecule has 0 saturated carbocycles. The third-order valence-corrected chi connectivity index (χ3v) is 4.96. The number of hydrogen-bond donors (Lipinski definition) is 2. The van der Waals surface area contributed by atoms with Gasteiger partial charge in [-0.3, -0.25) is 14.2 Å². The number of hydrogen-bond acceptors (Lipinski definition) is 8. The molecule has 10 nitrogen and oxygen atoms in total. The van der Waals surface area contributed by atoms with E-state index < -0.39 is 12.3 Å². The molecule has 0 bridgehead atoms. The number of ether oxygens (including phenoxy) is 2. The highest BCUT2D eigenvalue weighted by molar-refractivity contribution is 6.06. The first-order valence-corrected chi connectivity index (χ1v) is 9.51. The minimum absolute atomic E-state index is 0.211. The predicted octanol–water partition coefficient (Wildman–Crippen LogP) is 1.68. The number of imidazole rings is 1. The lowest BCUT2D eigenvalue weighted by Gasteiger charge is -2.17. The number of carbonyl (C=O) groups excluding carboxylic acids is 2. The normalized spacial score (nSPS) is 20.9. The van der Waals surface area contributed by atoms with E-state index in [2.05, 4.69) is 25.0 Å². The molecule has 0 spiro atoms. The Morgan fingerprint density at radius 2 is 2.07 bits per heavy atom. The molecule has 3 aromatic rings. The zero-order valence-corrected chi connectivity index (χ0v) is 16.3. The van der Waals surface area contributed by atoms with Crippen LogP contribution in [-0.4, -0.2) is 55.8 Å². The highest BCUT2D eigenvalue weighted by atomic mass is 16.5. The summed E-state index contributed by atoms with van der Waals surface area (Å²) in [7, 11) is 1.33. The van der Waals surface area contributed by atoms with E-state index in [-0.39, 0.29) is 30.2 Å². The number of carbonyl (C=O) groups is 2. The number of methoxy groups -OCH3 is 1. The first kappa shape index (κ1) is 19.9. The minimum atomic E-state index is -0.789. The van der Waals surface area contributed by atoms with Crippen molar-refractivity contribution in [3.05, 3.63) is 48.5 Å². The summed E-state index contributed by atoms with van der Waals surface area (Å²) in [6.45, 7) is 0. The molecule has 30 heavy (non-hydrogen) atoms. The van der Waals surface area contributed by atoms with Gasteiger partial charge in [-0.05, 0) is 18.6 Å². The molecule has 1 amide bonds. The third-order valence-electron chi connectivity index (χ3n) is 4.96. The van der Waals surface area contributed by atoms with Crippen molar-refractivity contribution in [1.29, 1.82) is 0 Å². The lowest BCUT2D eigenvalue weighted by molar-refractivity contribution is -0.141. The maximum Gasteiger partial charge on any atom is 0.305 e. The van der Waals surface area contributed by atoms with Gasteiger partial charge in [0.15, 0.2) is 23.2 Å². The van der Waals surface area contributed by atoms with Crippen LogP contribution in [-0.2, 0) is 14.3 Å². The van der Waals surface area contributed by atoms with Crippen molar-refractivity contribution in [2.24, 2.45) is 0 Å². The van der Waals surface area contributed by atoms with Crippen molar-refractivity contribution in [2.75, 3.05) is 12.4 Å². The zero-order valence-electron chi connectivity index (χ0n) is 16.3. The molecule has 0 aliphatic carbocycles. The number of nitrogens with one attached hydrogen (secondary N) is 1. The van der Waals surface area contributed by atoms with Crippen molar-refractivity contribution in [3.63, 3.8) is 0 Å². The molecule has 1 fully saturated rings. The average Bonchev–Trinajstić information content (AvgIpc) is 3.36. The zero-order chi connectivity index (χ0) is 21.1. The van der Waals surface area contributed by atoms with Gasteiger partial charge in [-0.2, -0.15) is 0 Å². The van der Waals surface area contributed by atoms with Crippen molar-refractivity contribution in [3.8, 4) is 0 Å². The van der Waals surface area contributed by atoms with E-state index >= 15 is 0 Å². The highest BCUT2D eigenvalue weighted by Crippen LogP contribution is 2.33. The summed E-state index contributed by atoms with van der Waals surface area (Å²) in [6, 6.07) is 8.77.